The number of methoxy groups -OCH3 is 1. The average Bonchev–Trinajstić information content (AvgIpc) is 3.09. The van der Waals surface area contributed by atoms with E-state index in [0.29, 0.717) is 17.0 Å². The molecule has 1 atom stereocenters. The molecule has 3 aromatic rings. The summed E-state index contributed by atoms with van der Waals surface area (Å²) in [5.41, 5.74) is 3.51. The highest BCUT2D eigenvalue weighted by Gasteiger charge is 2.32. The number of carbonyl (C=O) groups excluding carboxylic acids is 1. The Morgan fingerprint density at radius 2 is 1.77 bits per heavy atom. The second-order valence-corrected chi connectivity index (χ2v) is 9.35. The van der Waals surface area contributed by atoms with Crippen molar-refractivity contribution in [2.24, 2.45) is 0 Å². The van der Waals surface area contributed by atoms with E-state index in [2.05, 4.69) is 4.72 Å². The van der Waals surface area contributed by atoms with E-state index in [-0.39, 0.29) is 16.8 Å². The van der Waals surface area contributed by atoms with E-state index in [1.807, 2.05) is 38.1 Å². The van der Waals surface area contributed by atoms with Gasteiger partial charge in [0.1, 0.15) is 5.75 Å². The molecule has 0 bridgehead atoms. The summed E-state index contributed by atoms with van der Waals surface area (Å²) in [4.78, 5) is 15.2. The number of sulfonamides is 1. The fourth-order valence-corrected chi connectivity index (χ4v) is 4.96. The van der Waals surface area contributed by atoms with E-state index in [0.717, 1.165) is 23.2 Å². The number of fused-ring (bicyclic) bond motifs is 1. The molecule has 0 saturated carbocycles. The molecular formula is C24H24N2O4S. The van der Waals surface area contributed by atoms with Crippen molar-refractivity contribution >= 4 is 27.3 Å². The van der Waals surface area contributed by atoms with Gasteiger partial charge in [0, 0.05) is 23.0 Å². The van der Waals surface area contributed by atoms with Crippen LogP contribution >= 0.6 is 0 Å². The van der Waals surface area contributed by atoms with Crippen LogP contribution in [0.4, 0.5) is 11.4 Å². The Hall–Kier alpha value is -3.32. The van der Waals surface area contributed by atoms with Crippen molar-refractivity contribution in [1.29, 1.82) is 0 Å². The molecule has 7 heteroatoms. The van der Waals surface area contributed by atoms with Crippen molar-refractivity contribution in [2.45, 2.75) is 31.2 Å². The SMILES string of the molecule is COc1ccc(NS(=O)(=O)c2ccc(C)c(C(=O)N3c4ccccc4CC3C)c2)cc1. The standard InChI is InChI=1S/C24H24N2O4S/c1-16-8-13-21(31(28,29)25-19-9-11-20(30-3)12-10-19)15-22(16)24(27)26-17(2)14-18-6-4-5-7-23(18)26/h4-13,15,17,25H,14H2,1-3H3. The van der Waals surface area contributed by atoms with Gasteiger partial charge in [-0.3, -0.25) is 9.52 Å². The van der Waals surface area contributed by atoms with Crippen molar-refractivity contribution in [3.05, 3.63) is 83.4 Å². The molecule has 0 fully saturated rings. The Kier molecular flexibility index (Phi) is 5.45. The van der Waals surface area contributed by atoms with E-state index < -0.39 is 10.0 Å². The summed E-state index contributed by atoms with van der Waals surface area (Å²) in [5.74, 6) is 0.433. The summed E-state index contributed by atoms with van der Waals surface area (Å²) >= 11 is 0. The van der Waals surface area contributed by atoms with Gasteiger partial charge in [0.25, 0.3) is 15.9 Å². The maximum atomic E-state index is 13.4. The van der Waals surface area contributed by atoms with E-state index in [9.17, 15) is 13.2 Å². The van der Waals surface area contributed by atoms with Gasteiger partial charge >= 0.3 is 0 Å². The topological polar surface area (TPSA) is 75.7 Å². The maximum Gasteiger partial charge on any atom is 0.261 e. The van der Waals surface area contributed by atoms with Crippen LogP contribution < -0.4 is 14.4 Å². The third-order valence-corrected chi connectivity index (χ3v) is 6.90. The number of para-hydroxylation sites is 1. The van der Waals surface area contributed by atoms with Gasteiger partial charge in [-0.05, 0) is 73.9 Å². The highest BCUT2D eigenvalue weighted by Crippen LogP contribution is 2.34. The molecular weight excluding hydrogens is 412 g/mol. The fourth-order valence-electron chi connectivity index (χ4n) is 3.88. The Balaban J connectivity index is 1.66. The first kappa shape index (κ1) is 20.9. The van der Waals surface area contributed by atoms with E-state index in [4.69, 9.17) is 4.74 Å². The minimum absolute atomic E-state index is 0.00184. The quantitative estimate of drug-likeness (QED) is 0.643. The van der Waals surface area contributed by atoms with Crippen LogP contribution in [-0.2, 0) is 16.4 Å². The van der Waals surface area contributed by atoms with Gasteiger partial charge in [0.2, 0.25) is 0 Å². The van der Waals surface area contributed by atoms with Crippen LogP contribution in [0.3, 0.4) is 0 Å². The molecule has 1 aliphatic heterocycles. The zero-order valence-electron chi connectivity index (χ0n) is 17.6. The van der Waals surface area contributed by atoms with Crippen LogP contribution in [-0.4, -0.2) is 27.5 Å². The summed E-state index contributed by atoms with van der Waals surface area (Å²) in [6.07, 6.45) is 0.776. The van der Waals surface area contributed by atoms with E-state index in [1.54, 1.807) is 42.3 Å². The number of benzene rings is 3. The van der Waals surface area contributed by atoms with Crippen molar-refractivity contribution < 1.29 is 17.9 Å². The molecule has 1 aliphatic rings. The van der Waals surface area contributed by atoms with Crippen LogP contribution in [0.25, 0.3) is 0 Å². The molecule has 0 aromatic heterocycles. The summed E-state index contributed by atoms with van der Waals surface area (Å²) in [6.45, 7) is 3.81. The number of aryl methyl sites for hydroxylation is 1. The molecule has 0 spiro atoms. The molecule has 0 aliphatic carbocycles. The molecule has 1 amide bonds. The van der Waals surface area contributed by atoms with Gasteiger partial charge in [0.05, 0.1) is 12.0 Å². The first-order chi connectivity index (χ1) is 14.8. The number of hydrogen-bond donors (Lipinski definition) is 1. The predicted octanol–water partition coefficient (Wildman–Crippen LogP) is 4.40. The predicted molar refractivity (Wildman–Crippen MR) is 121 cm³/mol. The first-order valence-electron chi connectivity index (χ1n) is 9.99. The molecule has 0 saturated heterocycles. The Morgan fingerprint density at radius 1 is 1.06 bits per heavy atom. The zero-order chi connectivity index (χ0) is 22.2. The molecule has 160 valence electrons. The van der Waals surface area contributed by atoms with Gasteiger partial charge in [-0.15, -0.1) is 0 Å². The molecule has 1 heterocycles. The number of ether oxygens (including phenoxy) is 1. The number of nitrogens with zero attached hydrogens (tertiary/aromatic N) is 1. The number of carbonyl (C=O) groups is 1. The molecule has 0 radical (unpaired) electrons. The lowest BCUT2D eigenvalue weighted by Crippen LogP contribution is -2.36. The smallest absolute Gasteiger partial charge is 0.261 e. The highest BCUT2D eigenvalue weighted by atomic mass is 32.2. The average molecular weight is 437 g/mol. The van der Waals surface area contributed by atoms with Gasteiger partial charge in [0.15, 0.2) is 0 Å². The molecule has 4 rings (SSSR count). The normalized spacial score (nSPS) is 15.5. The third-order valence-electron chi connectivity index (χ3n) is 5.52. The summed E-state index contributed by atoms with van der Waals surface area (Å²) < 4.78 is 33.6. The molecule has 1 unspecified atom stereocenters. The zero-order valence-corrected chi connectivity index (χ0v) is 18.4. The van der Waals surface area contributed by atoms with Gasteiger partial charge in [-0.2, -0.15) is 0 Å². The largest absolute Gasteiger partial charge is 0.497 e. The van der Waals surface area contributed by atoms with E-state index in [1.165, 1.54) is 12.1 Å². The fraction of sp³-hybridized carbons (Fsp3) is 0.208. The van der Waals surface area contributed by atoms with Gasteiger partial charge in [-0.25, -0.2) is 8.42 Å². The molecule has 1 N–H and O–H groups in total. The third kappa shape index (κ3) is 4.01. The number of nitrogens with one attached hydrogen (secondary N) is 1. The van der Waals surface area contributed by atoms with Crippen molar-refractivity contribution in [1.82, 2.24) is 0 Å². The van der Waals surface area contributed by atoms with Crippen LogP contribution in [0.15, 0.2) is 71.6 Å². The van der Waals surface area contributed by atoms with Crippen LogP contribution in [0.1, 0.15) is 28.4 Å². The van der Waals surface area contributed by atoms with Crippen molar-refractivity contribution in [3.63, 3.8) is 0 Å². The monoisotopic (exact) mass is 436 g/mol. The highest BCUT2D eigenvalue weighted by molar-refractivity contribution is 7.92. The Morgan fingerprint density at radius 3 is 2.48 bits per heavy atom. The second-order valence-electron chi connectivity index (χ2n) is 7.67. The lowest BCUT2D eigenvalue weighted by atomic mass is 10.1. The van der Waals surface area contributed by atoms with Crippen LogP contribution in [0.5, 0.6) is 5.75 Å². The number of hydrogen-bond acceptors (Lipinski definition) is 4. The lowest BCUT2D eigenvalue weighted by Gasteiger charge is -2.24. The minimum atomic E-state index is -3.86. The number of rotatable bonds is 5. The molecule has 6 nitrogen and oxygen atoms in total. The van der Waals surface area contributed by atoms with Gasteiger partial charge < -0.3 is 9.64 Å². The molecule has 31 heavy (non-hydrogen) atoms. The van der Waals surface area contributed by atoms with E-state index >= 15 is 0 Å². The number of amides is 1. The van der Waals surface area contributed by atoms with Crippen molar-refractivity contribution in [3.8, 4) is 5.75 Å². The lowest BCUT2D eigenvalue weighted by molar-refractivity contribution is 0.0980. The van der Waals surface area contributed by atoms with Gasteiger partial charge in [-0.1, -0.05) is 24.3 Å². The number of anilines is 2. The Labute approximate surface area is 182 Å². The minimum Gasteiger partial charge on any atom is -0.497 e. The van der Waals surface area contributed by atoms with Crippen LogP contribution in [0.2, 0.25) is 0 Å². The first-order valence-corrected chi connectivity index (χ1v) is 11.5. The maximum absolute atomic E-state index is 13.4. The second kappa shape index (κ2) is 8.07. The summed E-state index contributed by atoms with van der Waals surface area (Å²) in [5, 5.41) is 0. The Bertz CT molecular complexity index is 1240. The molecule has 3 aromatic carbocycles. The summed E-state index contributed by atoms with van der Waals surface area (Å²) in [6, 6.07) is 19.1. The van der Waals surface area contributed by atoms with Crippen molar-refractivity contribution in [2.75, 3.05) is 16.7 Å². The van der Waals surface area contributed by atoms with Crippen LogP contribution in [0, 0.1) is 6.92 Å². The summed E-state index contributed by atoms with van der Waals surface area (Å²) in [7, 11) is -2.32.